The number of anilines is 1. The Kier molecular flexibility index (Phi) is 4.34. The van der Waals surface area contributed by atoms with Crippen LogP contribution in [0, 0.1) is 0 Å². The van der Waals surface area contributed by atoms with Crippen LogP contribution in [-0.4, -0.2) is 23.1 Å². The Balaban J connectivity index is 2.30. The van der Waals surface area contributed by atoms with Gasteiger partial charge in [0.1, 0.15) is 0 Å². The molecule has 2 rings (SSSR count). The number of ether oxygens (including phenoxy) is 1. The predicted octanol–water partition coefficient (Wildman–Crippen LogP) is 3.41. The first kappa shape index (κ1) is 13.3. The first-order valence-electron chi connectivity index (χ1n) is 6.48. The molecule has 0 aliphatic heterocycles. The summed E-state index contributed by atoms with van der Waals surface area (Å²) in [5, 5.41) is 4.06. The number of aromatic nitrogens is 2. The molecule has 0 saturated carbocycles. The lowest BCUT2D eigenvalue weighted by atomic mass is 10.2. The van der Waals surface area contributed by atoms with Crippen LogP contribution in [0.15, 0.2) is 36.4 Å². The van der Waals surface area contributed by atoms with Gasteiger partial charge in [-0.15, -0.1) is 6.58 Å². The van der Waals surface area contributed by atoms with Crippen LogP contribution in [0.25, 0.3) is 10.9 Å². The van der Waals surface area contributed by atoms with Crippen LogP contribution in [0.2, 0.25) is 0 Å². The zero-order valence-corrected chi connectivity index (χ0v) is 11.4. The Morgan fingerprint density at radius 2 is 2.11 bits per heavy atom. The van der Waals surface area contributed by atoms with Crippen molar-refractivity contribution >= 4 is 16.9 Å². The number of nitrogens with one attached hydrogen (secondary N) is 1. The highest BCUT2D eigenvalue weighted by Crippen LogP contribution is 2.24. The lowest BCUT2D eigenvalue weighted by Gasteiger charge is -2.10. The fourth-order valence-electron chi connectivity index (χ4n) is 1.72. The van der Waals surface area contributed by atoms with Crippen molar-refractivity contribution in [3.8, 4) is 5.88 Å². The van der Waals surface area contributed by atoms with Gasteiger partial charge in [0.15, 0.2) is 0 Å². The second-order valence-electron chi connectivity index (χ2n) is 4.46. The Morgan fingerprint density at radius 3 is 2.84 bits per heavy atom. The van der Waals surface area contributed by atoms with Crippen LogP contribution in [0.3, 0.4) is 0 Å². The van der Waals surface area contributed by atoms with Gasteiger partial charge in [0.2, 0.25) is 11.8 Å². The number of fused-ring (bicyclic) bond motifs is 1. The Bertz CT molecular complexity index is 581. The quantitative estimate of drug-likeness (QED) is 0.806. The molecule has 4 nitrogen and oxygen atoms in total. The largest absolute Gasteiger partial charge is 0.477 e. The summed E-state index contributed by atoms with van der Waals surface area (Å²) in [7, 11) is 0. The third kappa shape index (κ3) is 3.44. The van der Waals surface area contributed by atoms with Crippen molar-refractivity contribution in [3.63, 3.8) is 0 Å². The lowest BCUT2D eigenvalue weighted by Crippen LogP contribution is -2.06. The van der Waals surface area contributed by atoms with Crippen LogP contribution in [-0.2, 0) is 0 Å². The smallest absolute Gasteiger partial charge is 0.226 e. The van der Waals surface area contributed by atoms with Crippen molar-refractivity contribution in [3.05, 3.63) is 36.4 Å². The molecule has 1 heterocycles. The average molecular weight is 257 g/mol. The molecule has 0 amide bonds. The molecule has 1 N–H and O–H groups in total. The van der Waals surface area contributed by atoms with E-state index in [1.165, 1.54) is 0 Å². The lowest BCUT2D eigenvalue weighted by molar-refractivity contribution is 0.313. The molecular weight excluding hydrogens is 238 g/mol. The fraction of sp³-hybridized carbons (Fsp3) is 0.333. The number of benzene rings is 1. The standard InChI is InChI=1S/C15H19N3O/c1-4-16-15-17-13-8-6-5-7-12(13)14(18-15)19-10-9-11(2)3/h5-8H,2,4,9-10H2,1,3H3,(H,16,17,18). The van der Waals surface area contributed by atoms with Crippen LogP contribution in [0.4, 0.5) is 5.95 Å². The van der Waals surface area contributed by atoms with E-state index in [1.54, 1.807) is 0 Å². The highest BCUT2D eigenvalue weighted by Gasteiger charge is 2.07. The van der Waals surface area contributed by atoms with Crippen molar-refractivity contribution in [2.24, 2.45) is 0 Å². The summed E-state index contributed by atoms with van der Waals surface area (Å²) in [5.74, 6) is 1.23. The molecule has 0 aliphatic rings. The van der Waals surface area contributed by atoms with Crippen LogP contribution in [0.5, 0.6) is 5.88 Å². The summed E-state index contributed by atoms with van der Waals surface area (Å²) >= 11 is 0. The van der Waals surface area contributed by atoms with Crippen molar-refractivity contribution in [2.45, 2.75) is 20.3 Å². The number of rotatable bonds is 6. The molecule has 0 spiro atoms. The zero-order valence-electron chi connectivity index (χ0n) is 11.4. The molecule has 1 aromatic carbocycles. The molecule has 0 radical (unpaired) electrons. The normalized spacial score (nSPS) is 10.4. The molecular formula is C15H19N3O. The van der Waals surface area contributed by atoms with Crippen LogP contribution >= 0.6 is 0 Å². The highest BCUT2D eigenvalue weighted by atomic mass is 16.5. The zero-order chi connectivity index (χ0) is 13.7. The first-order chi connectivity index (χ1) is 9.20. The van der Waals surface area contributed by atoms with Gasteiger partial charge in [-0.2, -0.15) is 4.98 Å². The van der Waals surface area contributed by atoms with Gasteiger partial charge >= 0.3 is 0 Å². The maximum Gasteiger partial charge on any atom is 0.226 e. The Hall–Kier alpha value is -2.10. The number of nitrogens with zero attached hydrogens (tertiary/aromatic N) is 2. The summed E-state index contributed by atoms with van der Waals surface area (Å²) in [6, 6.07) is 7.86. The van der Waals surface area contributed by atoms with Gasteiger partial charge in [0, 0.05) is 13.0 Å². The number of para-hydroxylation sites is 1. The molecule has 0 unspecified atom stereocenters. The van der Waals surface area contributed by atoms with Gasteiger partial charge in [-0.05, 0) is 26.0 Å². The molecule has 0 bridgehead atoms. The minimum atomic E-state index is 0.585. The number of hydrogen-bond donors (Lipinski definition) is 1. The van der Waals surface area contributed by atoms with Gasteiger partial charge in [-0.3, -0.25) is 0 Å². The van der Waals surface area contributed by atoms with E-state index in [2.05, 4.69) is 21.9 Å². The third-order valence-corrected chi connectivity index (χ3v) is 2.67. The van der Waals surface area contributed by atoms with Crippen molar-refractivity contribution in [1.82, 2.24) is 9.97 Å². The minimum absolute atomic E-state index is 0.585. The average Bonchev–Trinajstić information content (AvgIpc) is 2.38. The molecule has 0 atom stereocenters. The van der Waals surface area contributed by atoms with Crippen molar-refractivity contribution < 1.29 is 4.74 Å². The molecule has 0 fully saturated rings. The van der Waals surface area contributed by atoms with Crippen LogP contribution < -0.4 is 10.1 Å². The molecule has 0 aliphatic carbocycles. The van der Waals surface area contributed by atoms with E-state index in [9.17, 15) is 0 Å². The summed E-state index contributed by atoms with van der Waals surface area (Å²) in [6.07, 6.45) is 0.828. The van der Waals surface area contributed by atoms with Crippen molar-refractivity contribution in [2.75, 3.05) is 18.5 Å². The fourth-order valence-corrected chi connectivity index (χ4v) is 1.72. The SMILES string of the molecule is C=C(C)CCOc1nc(NCC)nc2ccccc12. The van der Waals surface area contributed by atoms with E-state index < -0.39 is 0 Å². The second kappa shape index (κ2) is 6.18. The topological polar surface area (TPSA) is 47.0 Å². The highest BCUT2D eigenvalue weighted by molar-refractivity contribution is 5.84. The van der Waals surface area contributed by atoms with E-state index in [4.69, 9.17) is 4.74 Å². The van der Waals surface area contributed by atoms with E-state index in [0.717, 1.165) is 29.4 Å². The predicted molar refractivity (Wildman–Crippen MR) is 78.6 cm³/mol. The molecule has 4 heteroatoms. The summed E-state index contributed by atoms with van der Waals surface area (Å²) in [4.78, 5) is 8.86. The monoisotopic (exact) mass is 257 g/mol. The summed E-state index contributed by atoms with van der Waals surface area (Å²) in [5.41, 5.74) is 1.99. The molecule has 0 saturated heterocycles. The third-order valence-electron chi connectivity index (χ3n) is 2.67. The molecule has 100 valence electrons. The van der Waals surface area contributed by atoms with Gasteiger partial charge in [0.25, 0.3) is 0 Å². The van der Waals surface area contributed by atoms with Crippen molar-refractivity contribution in [1.29, 1.82) is 0 Å². The van der Waals surface area contributed by atoms with E-state index in [-0.39, 0.29) is 0 Å². The van der Waals surface area contributed by atoms with Crippen LogP contribution in [0.1, 0.15) is 20.3 Å². The van der Waals surface area contributed by atoms with Gasteiger partial charge in [0.05, 0.1) is 17.5 Å². The van der Waals surface area contributed by atoms with E-state index in [1.807, 2.05) is 38.1 Å². The first-order valence-corrected chi connectivity index (χ1v) is 6.48. The summed E-state index contributed by atoms with van der Waals surface area (Å²) < 4.78 is 5.77. The maximum atomic E-state index is 5.77. The Morgan fingerprint density at radius 1 is 1.32 bits per heavy atom. The summed E-state index contributed by atoms with van der Waals surface area (Å²) in [6.45, 7) is 9.24. The second-order valence-corrected chi connectivity index (χ2v) is 4.46. The Labute approximate surface area is 113 Å². The molecule has 1 aromatic heterocycles. The minimum Gasteiger partial charge on any atom is -0.477 e. The maximum absolute atomic E-state index is 5.77. The number of hydrogen-bond acceptors (Lipinski definition) is 4. The van der Waals surface area contributed by atoms with Gasteiger partial charge in [-0.1, -0.05) is 17.7 Å². The van der Waals surface area contributed by atoms with Gasteiger partial charge in [-0.25, -0.2) is 4.98 Å². The van der Waals surface area contributed by atoms with Gasteiger partial charge < -0.3 is 10.1 Å². The molecule has 19 heavy (non-hydrogen) atoms. The van der Waals surface area contributed by atoms with E-state index in [0.29, 0.717) is 18.4 Å². The molecule has 2 aromatic rings. The van der Waals surface area contributed by atoms with E-state index >= 15 is 0 Å².